The van der Waals surface area contributed by atoms with Crippen LogP contribution in [-0.4, -0.2) is 26.4 Å². The van der Waals surface area contributed by atoms with E-state index in [1.165, 1.54) is 13.1 Å². The van der Waals surface area contributed by atoms with Crippen LogP contribution in [0.2, 0.25) is 0 Å². The van der Waals surface area contributed by atoms with Crippen LogP contribution < -0.4 is 5.32 Å². The van der Waals surface area contributed by atoms with Crippen molar-refractivity contribution < 1.29 is 18.6 Å². The Balaban J connectivity index is 0. The van der Waals surface area contributed by atoms with Gasteiger partial charge in [-0.2, -0.15) is 0 Å². The third kappa shape index (κ3) is 70.9. The fraction of sp³-hybridized carbons (Fsp3) is 1.00. The standard InChI is InChI=1S/C4H11N.H2O3S/c1-3-5-4-2;1-4(2)3/h5H,3-4H2,1-2H3;(H2,1,2,3)/p-1. The van der Waals surface area contributed by atoms with Crippen LogP contribution in [-0.2, 0) is 11.4 Å². The van der Waals surface area contributed by atoms with Gasteiger partial charge in [0.2, 0.25) is 0 Å². The Labute approximate surface area is 57.8 Å². The van der Waals surface area contributed by atoms with Gasteiger partial charge < -0.3 is 14.4 Å². The van der Waals surface area contributed by atoms with E-state index in [0.29, 0.717) is 0 Å². The minimum absolute atomic E-state index is 1.22. The molecular formula is C4H12NO3S-. The Kier molecular flexibility index (Phi) is 14.3. The van der Waals surface area contributed by atoms with Crippen molar-refractivity contribution >= 4 is 11.4 Å². The van der Waals surface area contributed by atoms with Gasteiger partial charge in [0.1, 0.15) is 0 Å². The van der Waals surface area contributed by atoms with Crippen molar-refractivity contribution in [1.29, 1.82) is 0 Å². The monoisotopic (exact) mass is 154 g/mol. The molecule has 0 spiro atoms. The van der Waals surface area contributed by atoms with Crippen molar-refractivity contribution in [2.24, 2.45) is 0 Å². The van der Waals surface area contributed by atoms with Crippen LogP contribution in [0, 0.1) is 0 Å². The average Bonchev–Trinajstić information content (AvgIpc) is 1.66. The summed E-state index contributed by atoms with van der Waals surface area (Å²) in [5, 5.41) is 2.25. The third-order valence-electron chi connectivity index (χ3n) is 0.577. The van der Waals surface area contributed by atoms with Gasteiger partial charge in [-0.3, -0.25) is 4.21 Å². The minimum atomic E-state index is -3.11. The quantitative estimate of drug-likeness (QED) is 0.496. The number of hydrogen-bond acceptors (Lipinski definition) is 3. The maximum absolute atomic E-state index is 8.44. The molecule has 0 atom stereocenters. The molecular weight excluding hydrogens is 142 g/mol. The summed E-state index contributed by atoms with van der Waals surface area (Å²) in [5.74, 6) is 0. The molecule has 0 saturated heterocycles. The van der Waals surface area contributed by atoms with E-state index in [4.69, 9.17) is 13.3 Å². The van der Waals surface area contributed by atoms with E-state index in [1.807, 2.05) is 0 Å². The van der Waals surface area contributed by atoms with E-state index in [9.17, 15) is 0 Å². The maximum Gasteiger partial charge on any atom is 0.0726 e. The molecule has 4 nitrogen and oxygen atoms in total. The highest BCUT2D eigenvalue weighted by molar-refractivity contribution is 7.72. The normalized spacial score (nSPS) is 8.56. The van der Waals surface area contributed by atoms with Crippen LogP contribution in [0.25, 0.3) is 0 Å². The molecule has 0 saturated carbocycles. The summed E-state index contributed by atoms with van der Waals surface area (Å²) >= 11 is -3.11. The molecule has 0 radical (unpaired) electrons. The lowest BCUT2D eigenvalue weighted by atomic mass is 10.7. The Bertz CT molecular complexity index is 62.8. The SMILES string of the molecule is CC[NH2+]CC.O=S([O-])[O-]. The fourth-order valence-corrected chi connectivity index (χ4v) is 0.289. The van der Waals surface area contributed by atoms with E-state index in [-0.39, 0.29) is 0 Å². The van der Waals surface area contributed by atoms with Crippen LogP contribution in [0.5, 0.6) is 0 Å². The van der Waals surface area contributed by atoms with Crippen LogP contribution >= 0.6 is 0 Å². The van der Waals surface area contributed by atoms with Gasteiger partial charge in [-0.25, -0.2) is 0 Å². The molecule has 0 rings (SSSR count). The van der Waals surface area contributed by atoms with Gasteiger partial charge in [-0.15, -0.1) is 11.4 Å². The zero-order valence-corrected chi connectivity index (χ0v) is 6.44. The molecule has 5 heteroatoms. The van der Waals surface area contributed by atoms with Gasteiger partial charge in [-0.05, 0) is 13.8 Å². The van der Waals surface area contributed by atoms with Crippen molar-refractivity contribution in [3.8, 4) is 0 Å². The molecule has 0 fully saturated rings. The van der Waals surface area contributed by atoms with E-state index in [2.05, 4.69) is 19.2 Å². The molecule has 0 bridgehead atoms. The molecule has 9 heavy (non-hydrogen) atoms. The predicted octanol–water partition coefficient (Wildman–Crippen LogP) is -1.41. The molecule has 58 valence electrons. The fourth-order valence-electron chi connectivity index (χ4n) is 0.289. The number of nitrogens with two attached hydrogens (primary N) is 1. The molecule has 0 aromatic rings. The second-order valence-electron chi connectivity index (χ2n) is 1.31. The highest BCUT2D eigenvalue weighted by Gasteiger charge is 1.67. The number of quaternary nitrogens is 1. The molecule has 0 aromatic carbocycles. The van der Waals surface area contributed by atoms with Crippen molar-refractivity contribution in [2.75, 3.05) is 13.1 Å². The van der Waals surface area contributed by atoms with Gasteiger partial charge in [-0.1, -0.05) is 0 Å². The largest absolute Gasteiger partial charge is 0.784 e. The molecule has 0 aromatic heterocycles. The van der Waals surface area contributed by atoms with E-state index in [1.54, 1.807) is 0 Å². The topological polar surface area (TPSA) is 79.8 Å². The molecule has 0 unspecified atom stereocenters. The van der Waals surface area contributed by atoms with Crippen LogP contribution in [0.15, 0.2) is 0 Å². The lowest BCUT2D eigenvalue weighted by Gasteiger charge is -2.03. The first-order valence-corrected chi connectivity index (χ1v) is 3.73. The summed E-state index contributed by atoms with van der Waals surface area (Å²) in [6.45, 7) is 6.75. The molecule has 0 aliphatic heterocycles. The maximum atomic E-state index is 8.44. The predicted molar refractivity (Wildman–Crippen MR) is 32.7 cm³/mol. The van der Waals surface area contributed by atoms with Gasteiger partial charge in [0, 0.05) is 0 Å². The lowest BCUT2D eigenvalue weighted by molar-refractivity contribution is -0.648. The Morgan fingerprint density at radius 2 is 1.56 bits per heavy atom. The number of hydrogen-bond donors (Lipinski definition) is 1. The van der Waals surface area contributed by atoms with E-state index >= 15 is 0 Å². The summed E-state index contributed by atoms with van der Waals surface area (Å²) in [4.78, 5) is 0. The Morgan fingerprint density at radius 3 is 1.56 bits per heavy atom. The first kappa shape index (κ1) is 11.8. The molecule has 0 heterocycles. The average molecular weight is 154 g/mol. The smallest absolute Gasteiger partial charge is 0.0726 e. The molecule has 0 aliphatic rings. The highest BCUT2D eigenvalue weighted by Crippen LogP contribution is 1.42. The molecule has 0 aliphatic carbocycles. The lowest BCUT2D eigenvalue weighted by Crippen LogP contribution is -2.82. The van der Waals surface area contributed by atoms with E-state index < -0.39 is 11.4 Å². The van der Waals surface area contributed by atoms with E-state index in [0.717, 1.165) is 0 Å². The Morgan fingerprint density at radius 1 is 1.33 bits per heavy atom. The van der Waals surface area contributed by atoms with Gasteiger partial charge >= 0.3 is 0 Å². The van der Waals surface area contributed by atoms with Gasteiger partial charge in [0.05, 0.1) is 13.1 Å². The first-order chi connectivity index (χ1) is 4.15. The highest BCUT2D eigenvalue weighted by atomic mass is 32.2. The van der Waals surface area contributed by atoms with Gasteiger partial charge in [0.25, 0.3) is 0 Å². The Hall–Kier alpha value is 0.0300. The molecule has 0 amide bonds. The van der Waals surface area contributed by atoms with Crippen LogP contribution in [0.1, 0.15) is 13.8 Å². The zero-order valence-electron chi connectivity index (χ0n) is 5.62. The summed E-state index contributed by atoms with van der Waals surface area (Å²) in [6.07, 6.45) is 0. The first-order valence-electron chi connectivity index (χ1n) is 2.73. The number of rotatable bonds is 2. The second-order valence-corrected chi connectivity index (χ2v) is 1.72. The second kappa shape index (κ2) is 10.9. The summed E-state index contributed by atoms with van der Waals surface area (Å²) in [7, 11) is 0. The molecule has 2 N–H and O–H groups in total. The summed E-state index contributed by atoms with van der Waals surface area (Å²) < 4.78 is 25.3. The van der Waals surface area contributed by atoms with Gasteiger partial charge in [0.15, 0.2) is 0 Å². The minimum Gasteiger partial charge on any atom is -0.784 e. The van der Waals surface area contributed by atoms with Crippen LogP contribution in [0.4, 0.5) is 0 Å². The summed E-state index contributed by atoms with van der Waals surface area (Å²) in [6, 6.07) is 0. The summed E-state index contributed by atoms with van der Waals surface area (Å²) in [5.41, 5.74) is 0. The van der Waals surface area contributed by atoms with Crippen molar-refractivity contribution in [1.82, 2.24) is 0 Å². The van der Waals surface area contributed by atoms with Crippen molar-refractivity contribution in [3.05, 3.63) is 0 Å². The van der Waals surface area contributed by atoms with Crippen molar-refractivity contribution in [3.63, 3.8) is 0 Å². The van der Waals surface area contributed by atoms with Crippen LogP contribution in [0.3, 0.4) is 0 Å². The third-order valence-corrected chi connectivity index (χ3v) is 0.577. The van der Waals surface area contributed by atoms with Crippen molar-refractivity contribution in [2.45, 2.75) is 13.8 Å². The zero-order chi connectivity index (χ0) is 7.70.